The predicted octanol–water partition coefficient (Wildman–Crippen LogP) is 3.41. The smallest absolute Gasteiger partial charge is 0.162 e. The van der Waals surface area contributed by atoms with E-state index in [4.69, 9.17) is 11.1 Å². The van der Waals surface area contributed by atoms with Gasteiger partial charge in [-0.05, 0) is 36.4 Å². The summed E-state index contributed by atoms with van der Waals surface area (Å²) in [5.74, 6) is 1.23. The fourth-order valence-corrected chi connectivity index (χ4v) is 2.62. The lowest BCUT2D eigenvalue weighted by Gasteiger charge is -2.12. The molecule has 0 aliphatic rings. The zero-order chi connectivity index (χ0) is 17.9. The van der Waals surface area contributed by atoms with Crippen LogP contribution in [0, 0.1) is 5.41 Å². The summed E-state index contributed by atoms with van der Waals surface area (Å²) >= 11 is 0. The maximum absolute atomic E-state index is 7.35. The fraction of sp³-hybridized carbons (Fsp3) is 0. The number of fused-ring (bicyclic) bond motifs is 1. The van der Waals surface area contributed by atoms with Crippen molar-refractivity contribution in [1.82, 2.24) is 19.9 Å². The number of anilines is 3. The molecule has 4 N–H and O–H groups in total. The van der Waals surface area contributed by atoms with Gasteiger partial charge in [-0.25, -0.2) is 9.97 Å². The lowest BCUT2D eigenvalue weighted by molar-refractivity contribution is 1.20. The van der Waals surface area contributed by atoms with E-state index in [0.29, 0.717) is 22.9 Å². The topological polar surface area (TPSA) is 113 Å². The lowest BCUT2D eigenvalue weighted by Crippen LogP contribution is -2.01. The summed E-state index contributed by atoms with van der Waals surface area (Å²) in [6.07, 6.45) is 8.07. The van der Waals surface area contributed by atoms with E-state index in [1.165, 1.54) is 6.21 Å². The predicted molar refractivity (Wildman–Crippen MR) is 103 cm³/mol. The fourth-order valence-electron chi connectivity index (χ4n) is 2.62. The van der Waals surface area contributed by atoms with Gasteiger partial charge in [0, 0.05) is 53.5 Å². The molecule has 26 heavy (non-hydrogen) atoms. The number of hydrogen-bond acceptors (Lipinski definition) is 7. The molecule has 0 bridgehead atoms. The Morgan fingerprint density at radius 1 is 0.962 bits per heavy atom. The Bertz CT molecular complexity index is 1090. The number of pyridine rings is 2. The molecule has 7 nitrogen and oxygen atoms in total. The molecule has 0 aliphatic heterocycles. The van der Waals surface area contributed by atoms with E-state index in [9.17, 15) is 0 Å². The third-order valence-electron chi connectivity index (χ3n) is 3.94. The van der Waals surface area contributed by atoms with Gasteiger partial charge in [-0.3, -0.25) is 9.97 Å². The molecule has 4 aromatic rings. The van der Waals surface area contributed by atoms with Gasteiger partial charge in [0.1, 0.15) is 5.82 Å². The minimum atomic E-state index is 0.524. The molecule has 0 spiro atoms. The molecule has 7 heteroatoms. The number of benzene rings is 1. The van der Waals surface area contributed by atoms with E-state index >= 15 is 0 Å². The van der Waals surface area contributed by atoms with E-state index in [1.807, 2.05) is 24.3 Å². The summed E-state index contributed by atoms with van der Waals surface area (Å²) in [4.78, 5) is 17.5. The molecule has 1 aromatic carbocycles. The Morgan fingerprint density at radius 3 is 2.54 bits per heavy atom. The molecule has 0 radical (unpaired) electrons. The number of nitrogens with two attached hydrogens (primary N) is 1. The third kappa shape index (κ3) is 2.93. The van der Waals surface area contributed by atoms with E-state index < -0.39 is 0 Å². The molecule has 3 heterocycles. The number of hydrogen-bond donors (Lipinski definition) is 3. The van der Waals surface area contributed by atoms with Gasteiger partial charge in [-0.2, -0.15) is 0 Å². The van der Waals surface area contributed by atoms with Crippen LogP contribution in [-0.4, -0.2) is 26.2 Å². The lowest BCUT2D eigenvalue weighted by atomic mass is 10.1. The molecule has 0 saturated heterocycles. The second-order valence-electron chi connectivity index (χ2n) is 5.64. The van der Waals surface area contributed by atoms with Gasteiger partial charge in [0.25, 0.3) is 0 Å². The first-order valence-corrected chi connectivity index (χ1v) is 7.94. The van der Waals surface area contributed by atoms with Crippen LogP contribution in [0.1, 0.15) is 5.56 Å². The van der Waals surface area contributed by atoms with Gasteiger partial charge in [0.15, 0.2) is 5.82 Å². The number of aromatic nitrogens is 4. The van der Waals surface area contributed by atoms with Crippen molar-refractivity contribution in [1.29, 1.82) is 5.41 Å². The SMILES string of the molecule is N=Cc1ccc(Nc2nc(-c3ccncc3)nc3ccncc23)cc1N. The van der Waals surface area contributed by atoms with Crippen LogP contribution in [0.4, 0.5) is 17.2 Å². The number of nitrogens with one attached hydrogen (secondary N) is 2. The molecule has 126 valence electrons. The Labute approximate surface area is 149 Å². The molecule has 0 unspecified atom stereocenters. The number of nitrogens with zero attached hydrogens (tertiary/aromatic N) is 4. The van der Waals surface area contributed by atoms with Gasteiger partial charge >= 0.3 is 0 Å². The summed E-state index contributed by atoms with van der Waals surface area (Å²) < 4.78 is 0. The molecule has 0 saturated carbocycles. The molecule has 3 aromatic heterocycles. The molecular formula is C19H15N7. The Hall–Kier alpha value is -3.87. The molecular weight excluding hydrogens is 326 g/mol. The van der Waals surface area contributed by atoms with Crippen LogP contribution < -0.4 is 11.1 Å². The van der Waals surface area contributed by atoms with Crippen molar-refractivity contribution in [2.24, 2.45) is 0 Å². The standard InChI is InChI=1S/C19H15N7/c20-10-13-1-2-14(9-16(13)21)24-19-15-11-23-8-5-17(15)25-18(26-19)12-3-6-22-7-4-12/h1-11,20H,21H2,(H,24,25,26). The van der Waals surface area contributed by atoms with E-state index in [1.54, 1.807) is 36.9 Å². The van der Waals surface area contributed by atoms with Crippen molar-refractivity contribution < 1.29 is 0 Å². The van der Waals surface area contributed by atoms with E-state index in [-0.39, 0.29) is 0 Å². The molecule has 0 fully saturated rings. The second-order valence-corrected chi connectivity index (χ2v) is 5.64. The van der Waals surface area contributed by atoms with Crippen molar-refractivity contribution in [3.8, 4) is 11.4 Å². The summed E-state index contributed by atoms with van der Waals surface area (Å²) in [6.45, 7) is 0. The average Bonchev–Trinajstić information content (AvgIpc) is 2.69. The molecule has 0 atom stereocenters. The highest BCUT2D eigenvalue weighted by Gasteiger charge is 2.10. The minimum absolute atomic E-state index is 0.524. The maximum Gasteiger partial charge on any atom is 0.162 e. The summed E-state index contributed by atoms with van der Waals surface area (Å²) in [6, 6.07) is 11.0. The highest BCUT2D eigenvalue weighted by Crippen LogP contribution is 2.27. The van der Waals surface area contributed by atoms with Gasteiger partial charge < -0.3 is 16.5 Å². The van der Waals surface area contributed by atoms with Crippen LogP contribution in [0.25, 0.3) is 22.3 Å². The normalized spacial score (nSPS) is 10.6. The summed E-state index contributed by atoms with van der Waals surface area (Å²) in [7, 11) is 0. The monoisotopic (exact) mass is 341 g/mol. The van der Waals surface area contributed by atoms with Gasteiger partial charge in [0.2, 0.25) is 0 Å². The summed E-state index contributed by atoms with van der Waals surface area (Å²) in [5, 5.41) is 11.4. The minimum Gasteiger partial charge on any atom is -0.398 e. The third-order valence-corrected chi connectivity index (χ3v) is 3.94. The zero-order valence-electron chi connectivity index (χ0n) is 13.7. The number of nitrogen functional groups attached to an aromatic ring is 1. The first-order chi connectivity index (χ1) is 12.7. The zero-order valence-corrected chi connectivity index (χ0v) is 13.7. The van der Waals surface area contributed by atoms with Crippen LogP contribution in [0.15, 0.2) is 61.2 Å². The highest BCUT2D eigenvalue weighted by molar-refractivity contribution is 5.92. The Balaban J connectivity index is 1.83. The van der Waals surface area contributed by atoms with E-state index in [2.05, 4.69) is 25.3 Å². The van der Waals surface area contributed by atoms with Crippen molar-refractivity contribution in [3.05, 3.63) is 66.7 Å². The van der Waals surface area contributed by atoms with Crippen LogP contribution in [0.2, 0.25) is 0 Å². The van der Waals surface area contributed by atoms with Gasteiger partial charge in [-0.1, -0.05) is 0 Å². The maximum atomic E-state index is 7.35. The van der Waals surface area contributed by atoms with Gasteiger partial charge in [0.05, 0.1) is 10.9 Å². The highest BCUT2D eigenvalue weighted by atomic mass is 15.0. The van der Waals surface area contributed by atoms with Crippen molar-refractivity contribution in [2.75, 3.05) is 11.1 Å². The summed E-state index contributed by atoms with van der Waals surface area (Å²) in [5.41, 5.74) is 9.61. The van der Waals surface area contributed by atoms with E-state index in [0.717, 1.165) is 22.2 Å². The van der Waals surface area contributed by atoms with Crippen LogP contribution >= 0.6 is 0 Å². The molecule has 0 amide bonds. The van der Waals surface area contributed by atoms with Gasteiger partial charge in [-0.15, -0.1) is 0 Å². The molecule has 0 aliphatic carbocycles. The van der Waals surface area contributed by atoms with Crippen LogP contribution in [0.5, 0.6) is 0 Å². The molecule has 4 rings (SSSR count). The van der Waals surface area contributed by atoms with Crippen LogP contribution in [-0.2, 0) is 0 Å². The second kappa shape index (κ2) is 6.56. The average molecular weight is 341 g/mol. The quantitative estimate of drug-likeness (QED) is 0.387. The first kappa shape index (κ1) is 15.6. The van der Waals surface area contributed by atoms with Crippen molar-refractivity contribution >= 4 is 34.3 Å². The Morgan fingerprint density at radius 2 is 1.77 bits per heavy atom. The van der Waals surface area contributed by atoms with Crippen molar-refractivity contribution in [2.45, 2.75) is 0 Å². The largest absolute Gasteiger partial charge is 0.398 e. The first-order valence-electron chi connectivity index (χ1n) is 7.94. The Kier molecular flexibility index (Phi) is 3.95. The van der Waals surface area contributed by atoms with Crippen molar-refractivity contribution in [3.63, 3.8) is 0 Å². The number of rotatable bonds is 4. The van der Waals surface area contributed by atoms with Crippen LogP contribution in [0.3, 0.4) is 0 Å².